The Morgan fingerprint density at radius 1 is 1.24 bits per heavy atom. The van der Waals surface area contributed by atoms with Crippen LogP contribution in [0, 0.1) is 5.92 Å². The van der Waals surface area contributed by atoms with Gasteiger partial charge in [-0.1, -0.05) is 13.8 Å². The van der Waals surface area contributed by atoms with Crippen molar-refractivity contribution in [3.8, 4) is 0 Å². The number of aliphatic hydroxyl groups is 1. The van der Waals surface area contributed by atoms with Crippen LogP contribution in [-0.4, -0.2) is 47.7 Å². The van der Waals surface area contributed by atoms with E-state index in [0.29, 0.717) is 0 Å². The standard InChI is InChI=1S/C9H15NO7/c1-5(2)8(14)16-4-17-9(15)10-6(3-11)7(12)13/h5-6,11H,3-4H2,1-2H3,(H,10,15)(H,12,13)/t6-/m1/s1. The Morgan fingerprint density at radius 3 is 2.24 bits per heavy atom. The van der Waals surface area contributed by atoms with Crippen molar-refractivity contribution in [2.45, 2.75) is 19.9 Å². The van der Waals surface area contributed by atoms with Crippen LogP contribution in [0.3, 0.4) is 0 Å². The molecule has 17 heavy (non-hydrogen) atoms. The van der Waals surface area contributed by atoms with Crippen molar-refractivity contribution in [3.05, 3.63) is 0 Å². The molecule has 0 aromatic heterocycles. The maximum absolute atomic E-state index is 11.0. The fourth-order valence-corrected chi connectivity index (χ4v) is 0.677. The highest BCUT2D eigenvalue weighted by molar-refractivity contribution is 5.80. The fraction of sp³-hybridized carbons (Fsp3) is 0.667. The van der Waals surface area contributed by atoms with Gasteiger partial charge in [-0.25, -0.2) is 9.59 Å². The number of hydrogen-bond acceptors (Lipinski definition) is 6. The van der Waals surface area contributed by atoms with Gasteiger partial charge in [0.25, 0.3) is 0 Å². The molecule has 0 aromatic carbocycles. The number of carboxylic acid groups (broad SMARTS) is 1. The van der Waals surface area contributed by atoms with E-state index in [1.165, 1.54) is 0 Å². The highest BCUT2D eigenvalue weighted by Gasteiger charge is 2.19. The number of aliphatic hydroxyl groups excluding tert-OH is 1. The van der Waals surface area contributed by atoms with E-state index in [4.69, 9.17) is 10.2 Å². The molecule has 0 aliphatic carbocycles. The van der Waals surface area contributed by atoms with Gasteiger partial charge in [-0.2, -0.15) is 0 Å². The lowest BCUT2D eigenvalue weighted by Crippen LogP contribution is -2.43. The average molecular weight is 249 g/mol. The molecule has 1 amide bonds. The number of amides is 1. The summed E-state index contributed by atoms with van der Waals surface area (Å²) in [5, 5.41) is 19.0. The summed E-state index contributed by atoms with van der Waals surface area (Å²) in [5.74, 6) is -2.30. The zero-order valence-corrected chi connectivity index (χ0v) is 9.50. The third-order valence-electron chi connectivity index (χ3n) is 1.64. The van der Waals surface area contributed by atoms with E-state index in [1.54, 1.807) is 13.8 Å². The molecule has 0 saturated heterocycles. The molecule has 8 nitrogen and oxygen atoms in total. The molecule has 0 aliphatic heterocycles. The Bertz CT molecular complexity index is 289. The van der Waals surface area contributed by atoms with Crippen LogP contribution in [-0.2, 0) is 19.1 Å². The highest BCUT2D eigenvalue weighted by Crippen LogP contribution is 1.96. The van der Waals surface area contributed by atoms with Crippen LogP contribution in [0.2, 0.25) is 0 Å². The van der Waals surface area contributed by atoms with E-state index in [1.807, 2.05) is 5.32 Å². The normalized spacial score (nSPS) is 11.8. The van der Waals surface area contributed by atoms with Crippen molar-refractivity contribution in [1.29, 1.82) is 0 Å². The molecule has 8 heteroatoms. The van der Waals surface area contributed by atoms with Crippen molar-refractivity contribution < 1.29 is 34.1 Å². The van der Waals surface area contributed by atoms with Crippen molar-refractivity contribution in [2.75, 3.05) is 13.4 Å². The van der Waals surface area contributed by atoms with Gasteiger partial charge in [0.1, 0.15) is 0 Å². The topological polar surface area (TPSA) is 122 Å². The minimum Gasteiger partial charge on any atom is -0.480 e. The van der Waals surface area contributed by atoms with Crippen LogP contribution in [0.4, 0.5) is 4.79 Å². The number of carboxylic acids is 1. The first-order chi connectivity index (χ1) is 7.88. The Hall–Kier alpha value is -1.83. The minimum absolute atomic E-state index is 0.356. The van der Waals surface area contributed by atoms with E-state index in [9.17, 15) is 14.4 Å². The SMILES string of the molecule is CC(C)C(=O)OCOC(=O)N[C@H](CO)C(=O)O. The molecule has 0 rings (SSSR count). The van der Waals surface area contributed by atoms with Gasteiger partial charge in [0.05, 0.1) is 12.5 Å². The zero-order chi connectivity index (χ0) is 13.4. The van der Waals surface area contributed by atoms with Crippen LogP contribution in [0.5, 0.6) is 0 Å². The summed E-state index contributed by atoms with van der Waals surface area (Å²) < 4.78 is 8.90. The maximum atomic E-state index is 11.0. The summed E-state index contributed by atoms with van der Waals surface area (Å²) in [4.78, 5) is 32.3. The predicted molar refractivity (Wildman–Crippen MR) is 53.9 cm³/mol. The van der Waals surface area contributed by atoms with Gasteiger partial charge in [0.15, 0.2) is 6.04 Å². The van der Waals surface area contributed by atoms with Crippen LogP contribution in [0.15, 0.2) is 0 Å². The molecule has 98 valence electrons. The molecule has 3 N–H and O–H groups in total. The average Bonchev–Trinajstić information content (AvgIpc) is 2.25. The van der Waals surface area contributed by atoms with Gasteiger partial charge >= 0.3 is 18.0 Å². The summed E-state index contributed by atoms with van der Waals surface area (Å²) in [6.45, 7) is 1.83. The second-order valence-corrected chi connectivity index (χ2v) is 3.39. The molecule has 0 unspecified atom stereocenters. The van der Waals surface area contributed by atoms with Gasteiger partial charge < -0.3 is 25.0 Å². The van der Waals surface area contributed by atoms with Gasteiger partial charge in [0.2, 0.25) is 6.79 Å². The molecule has 0 aromatic rings. The first-order valence-electron chi connectivity index (χ1n) is 4.82. The van der Waals surface area contributed by atoms with Crippen LogP contribution >= 0.6 is 0 Å². The van der Waals surface area contributed by atoms with Crippen molar-refractivity contribution >= 4 is 18.0 Å². The molecule has 0 bridgehead atoms. The monoisotopic (exact) mass is 249 g/mol. The Morgan fingerprint density at radius 2 is 1.82 bits per heavy atom. The summed E-state index contributed by atoms with van der Waals surface area (Å²) >= 11 is 0. The molecule has 0 radical (unpaired) electrons. The minimum atomic E-state index is -1.46. The van der Waals surface area contributed by atoms with E-state index in [-0.39, 0.29) is 5.92 Å². The van der Waals surface area contributed by atoms with Crippen molar-refractivity contribution in [2.24, 2.45) is 5.92 Å². The Kier molecular flexibility index (Phi) is 6.64. The molecular formula is C9H15NO7. The molecule has 0 heterocycles. The van der Waals surface area contributed by atoms with Crippen molar-refractivity contribution in [3.63, 3.8) is 0 Å². The second-order valence-electron chi connectivity index (χ2n) is 3.39. The first-order valence-corrected chi connectivity index (χ1v) is 4.82. The van der Waals surface area contributed by atoms with Crippen LogP contribution in [0.1, 0.15) is 13.8 Å². The van der Waals surface area contributed by atoms with E-state index >= 15 is 0 Å². The number of rotatable bonds is 6. The second kappa shape index (κ2) is 7.44. The lowest BCUT2D eigenvalue weighted by atomic mass is 10.2. The molecular weight excluding hydrogens is 234 g/mol. The zero-order valence-electron chi connectivity index (χ0n) is 9.50. The van der Waals surface area contributed by atoms with Gasteiger partial charge in [-0.05, 0) is 0 Å². The predicted octanol–water partition coefficient (Wildman–Crippen LogP) is -0.685. The Balaban J connectivity index is 3.87. The van der Waals surface area contributed by atoms with Gasteiger partial charge in [-0.15, -0.1) is 0 Å². The maximum Gasteiger partial charge on any atom is 0.410 e. The summed E-state index contributed by atoms with van der Waals surface area (Å²) in [6, 6.07) is -1.46. The number of aliphatic carboxylic acids is 1. The third-order valence-corrected chi connectivity index (χ3v) is 1.64. The van der Waals surface area contributed by atoms with Crippen LogP contribution in [0.25, 0.3) is 0 Å². The van der Waals surface area contributed by atoms with Gasteiger partial charge in [0, 0.05) is 0 Å². The van der Waals surface area contributed by atoms with Crippen molar-refractivity contribution in [1.82, 2.24) is 5.32 Å². The number of hydrogen-bond donors (Lipinski definition) is 3. The van der Waals surface area contributed by atoms with E-state index in [2.05, 4.69) is 9.47 Å². The smallest absolute Gasteiger partial charge is 0.410 e. The Labute approximate surface area is 97.5 Å². The van der Waals surface area contributed by atoms with E-state index in [0.717, 1.165) is 0 Å². The molecule has 0 fully saturated rings. The number of carbonyl (C=O) groups is 3. The molecule has 0 spiro atoms. The third kappa shape index (κ3) is 6.36. The van der Waals surface area contributed by atoms with E-state index < -0.39 is 37.5 Å². The summed E-state index contributed by atoms with van der Waals surface area (Å²) in [6.07, 6.45) is -1.09. The number of carbonyl (C=O) groups excluding carboxylic acids is 2. The number of alkyl carbamates (subject to hydrolysis) is 1. The summed E-state index contributed by atoms with van der Waals surface area (Å²) in [5.41, 5.74) is 0. The number of esters is 1. The quantitative estimate of drug-likeness (QED) is 0.420. The summed E-state index contributed by atoms with van der Waals surface area (Å²) in [7, 11) is 0. The first kappa shape index (κ1) is 15.2. The largest absolute Gasteiger partial charge is 0.480 e. The number of nitrogens with one attached hydrogen (secondary N) is 1. The molecule has 0 saturated carbocycles. The fourth-order valence-electron chi connectivity index (χ4n) is 0.677. The number of ether oxygens (including phenoxy) is 2. The molecule has 1 atom stereocenters. The lowest BCUT2D eigenvalue weighted by molar-refractivity contribution is -0.156. The van der Waals surface area contributed by atoms with Gasteiger partial charge in [-0.3, -0.25) is 4.79 Å². The molecule has 0 aliphatic rings. The van der Waals surface area contributed by atoms with Crippen LogP contribution < -0.4 is 5.32 Å². The highest BCUT2D eigenvalue weighted by atomic mass is 16.7. The lowest BCUT2D eigenvalue weighted by Gasteiger charge is -2.12.